The van der Waals surface area contributed by atoms with Gasteiger partial charge in [0.2, 0.25) is 0 Å². The smallest absolute Gasteiger partial charge is 0.306 e. The molecule has 0 aliphatic carbocycles. The molecule has 58 heavy (non-hydrogen) atoms. The van der Waals surface area contributed by atoms with Gasteiger partial charge < -0.3 is 14.2 Å². The Labute approximate surface area is 359 Å². The van der Waals surface area contributed by atoms with E-state index in [1.54, 1.807) is 0 Å². The summed E-state index contributed by atoms with van der Waals surface area (Å²) in [6.45, 7) is 7.62. The molecule has 0 heterocycles. The summed E-state index contributed by atoms with van der Waals surface area (Å²) in [4.78, 5) is 25.3. The summed E-state index contributed by atoms with van der Waals surface area (Å²) in [5.41, 5.74) is 0. The van der Waals surface area contributed by atoms with Gasteiger partial charge in [0.1, 0.15) is 6.61 Å². The van der Waals surface area contributed by atoms with Gasteiger partial charge >= 0.3 is 11.9 Å². The second kappa shape index (κ2) is 48.7. The number of carbonyl (C=O) groups is 2. The number of unbranched alkanes of at least 4 members (excludes halogenated alkanes) is 21. The van der Waals surface area contributed by atoms with Crippen LogP contribution in [-0.4, -0.2) is 37.9 Å². The Morgan fingerprint density at radius 1 is 0.397 bits per heavy atom. The third-order valence-electron chi connectivity index (χ3n) is 10.2. The Kier molecular flexibility index (Phi) is 46.5. The van der Waals surface area contributed by atoms with E-state index in [0.29, 0.717) is 19.4 Å². The number of hydrogen-bond donors (Lipinski definition) is 0. The van der Waals surface area contributed by atoms with E-state index in [1.807, 2.05) is 0 Å². The minimum Gasteiger partial charge on any atom is -0.462 e. The lowest BCUT2D eigenvalue weighted by Crippen LogP contribution is -2.30. The zero-order valence-corrected chi connectivity index (χ0v) is 38.3. The highest BCUT2D eigenvalue weighted by Gasteiger charge is 2.17. The number of carbonyl (C=O) groups excluding carboxylic acids is 2. The summed E-state index contributed by atoms with van der Waals surface area (Å²) in [6, 6.07) is 0. The van der Waals surface area contributed by atoms with Crippen molar-refractivity contribution in [3.8, 4) is 0 Å². The molecule has 0 rings (SSSR count). The normalized spacial score (nSPS) is 12.8. The predicted molar refractivity (Wildman–Crippen MR) is 251 cm³/mol. The van der Waals surface area contributed by atoms with Crippen molar-refractivity contribution in [1.82, 2.24) is 0 Å². The fraction of sp³-hybridized carbons (Fsp3) is 0.736. The van der Waals surface area contributed by atoms with E-state index in [9.17, 15) is 9.59 Å². The highest BCUT2D eigenvalue weighted by Crippen LogP contribution is 2.12. The standard InChI is InChI=1S/C53H92O5/c1-4-7-10-13-16-19-22-25-27-29-31-34-37-40-43-46-52(54)57-50-51(49-56-48-45-42-39-36-33-30-26-23-20-17-14-11-8-5-2)58-53(55)47-44-41-38-35-32-28-24-21-18-15-12-9-6-3/h9,12,16,18-21,23,25,27-28,32,51H,4-8,10-11,13-15,17,22,24,26,29-31,33-50H2,1-3H3/b12-9-,19-16-,21-18-,23-20-,27-25-,32-28-. The van der Waals surface area contributed by atoms with Crippen molar-refractivity contribution >= 4 is 11.9 Å². The number of allylic oxidation sites excluding steroid dienone is 12. The first-order valence-electron chi connectivity index (χ1n) is 24.5. The summed E-state index contributed by atoms with van der Waals surface area (Å²) in [5, 5.41) is 0. The van der Waals surface area contributed by atoms with Gasteiger partial charge in [-0.2, -0.15) is 0 Å². The zero-order valence-electron chi connectivity index (χ0n) is 38.3. The Morgan fingerprint density at radius 3 is 1.31 bits per heavy atom. The summed E-state index contributed by atoms with van der Waals surface area (Å²) in [7, 11) is 0. The van der Waals surface area contributed by atoms with E-state index in [1.165, 1.54) is 103 Å². The molecule has 0 spiro atoms. The zero-order chi connectivity index (χ0) is 42.1. The SMILES string of the molecule is CC/C=C\C/C=C\C/C=C\CCCCCC(=O)OC(COCCCCCCCC/C=C\CCCCCC)COC(=O)CCCCCCC/C=C\C/C=C\CCCCC. The number of ether oxygens (including phenoxy) is 3. The van der Waals surface area contributed by atoms with Gasteiger partial charge in [-0.05, 0) is 109 Å². The molecule has 0 saturated carbocycles. The molecule has 0 bridgehead atoms. The lowest BCUT2D eigenvalue weighted by Gasteiger charge is -2.18. The molecule has 0 saturated heterocycles. The third kappa shape index (κ3) is 46.0. The summed E-state index contributed by atoms with van der Waals surface area (Å²) in [6.07, 6.45) is 61.9. The Bertz CT molecular complexity index is 1050. The fourth-order valence-corrected chi connectivity index (χ4v) is 6.55. The van der Waals surface area contributed by atoms with Crippen LogP contribution in [-0.2, 0) is 23.8 Å². The highest BCUT2D eigenvalue weighted by atomic mass is 16.6. The van der Waals surface area contributed by atoms with Crippen LogP contribution >= 0.6 is 0 Å². The Morgan fingerprint density at radius 2 is 0.776 bits per heavy atom. The molecule has 0 N–H and O–H groups in total. The fourth-order valence-electron chi connectivity index (χ4n) is 6.55. The second-order valence-corrected chi connectivity index (χ2v) is 16.0. The minimum atomic E-state index is -0.561. The van der Waals surface area contributed by atoms with Crippen LogP contribution in [0.2, 0.25) is 0 Å². The van der Waals surface area contributed by atoms with Crippen LogP contribution < -0.4 is 0 Å². The molecule has 5 nitrogen and oxygen atoms in total. The molecule has 0 aromatic heterocycles. The van der Waals surface area contributed by atoms with Gasteiger partial charge in [0.15, 0.2) is 6.10 Å². The Hall–Kier alpha value is -2.66. The maximum absolute atomic E-state index is 12.7. The largest absolute Gasteiger partial charge is 0.462 e. The van der Waals surface area contributed by atoms with Gasteiger partial charge in [0.25, 0.3) is 0 Å². The van der Waals surface area contributed by atoms with E-state index in [-0.39, 0.29) is 25.2 Å². The molecule has 334 valence electrons. The number of esters is 2. The van der Waals surface area contributed by atoms with Crippen molar-refractivity contribution in [3.63, 3.8) is 0 Å². The lowest BCUT2D eigenvalue weighted by atomic mass is 10.1. The van der Waals surface area contributed by atoms with Crippen LogP contribution in [0.1, 0.15) is 226 Å². The molecular formula is C53H92O5. The first-order valence-corrected chi connectivity index (χ1v) is 24.5. The van der Waals surface area contributed by atoms with E-state index in [4.69, 9.17) is 14.2 Å². The molecule has 0 amide bonds. The molecule has 0 aliphatic heterocycles. The predicted octanol–water partition coefficient (Wildman–Crippen LogP) is 16.3. The molecule has 0 radical (unpaired) electrons. The van der Waals surface area contributed by atoms with Crippen molar-refractivity contribution in [2.24, 2.45) is 0 Å². The molecule has 0 fully saturated rings. The van der Waals surface area contributed by atoms with E-state index < -0.39 is 6.10 Å². The van der Waals surface area contributed by atoms with Crippen molar-refractivity contribution in [2.45, 2.75) is 232 Å². The monoisotopic (exact) mass is 809 g/mol. The number of hydrogen-bond acceptors (Lipinski definition) is 5. The quantitative estimate of drug-likeness (QED) is 0.0348. The highest BCUT2D eigenvalue weighted by molar-refractivity contribution is 5.70. The molecule has 0 aromatic carbocycles. The van der Waals surface area contributed by atoms with E-state index in [2.05, 4.69) is 93.7 Å². The maximum atomic E-state index is 12.7. The van der Waals surface area contributed by atoms with Gasteiger partial charge in [-0.3, -0.25) is 9.59 Å². The summed E-state index contributed by atoms with van der Waals surface area (Å²) < 4.78 is 17.3. The van der Waals surface area contributed by atoms with Crippen LogP contribution in [0.5, 0.6) is 0 Å². The van der Waals surface area contributed by atoms with Gasteiger partial charge in [-0.15, -0.1) is 0 Å². The van der Waals surface area contributed by atoms with Crippen molar-refractivity contribution in [1.29, 1.82) is 0 Å². The van der Waals surface area contributed by atoms with Gasteiger partial charge in [0, 0.05) is 19.4 Å². The topological polar surface area (TPSA) is 61.8 Å². The third-order valence-corrected chi connectivity index (χ3v) is 10.2. The van der Waals surface area contributed by atoms with E-state index >= 15 is 0 Å². The van der Waals surface area contributed by atoms with Crippen molar-refractivity contribution < 1.29 is 23.8 Å². The van der Waals surface area contributed by atoms with Crippen LogP contribution in [0.4, 0.5) is 0 Å². The number of rotatable bonds is 44. The first kappa shape index (κ1) is 55.3. The van der Waals surface area contributed by atoms with Gasteiger partial charge in [-0.1, -0.05) is 177 Å². The van der Waals surface area contributed by atoms with Crippen molar-refractivity contribution in [2.75, 3.05) is 19.8 Å². The molecule has 5 heteroatoms. The van der Waals surface area contributed by atoms with Crippen LogP contribution in [0.3, 0.4) is 0 Å². The molecular weight excluding hydrogens is 717 g/mol. The minimum absolute atomic E-state index is 0.0617. The molecule has 0 aromatic rings. The summed E-state index contributed by atoms with van der Waals surface area (Å²) in [5.74, 6) is -0.450. The van der Waals surface area contributed by atoms with Gasteiger partial charge in [-0.25, -0.2) is 0 Å². The average molecular weight is 809 g/mol. The molecule has 1 unspecified atom stereocenters. The van der Waals surface area contributed by atoms with E-state index in [0.717, 1.165) is 89.9 Å². The Balaban J connectivity index is 4.34. The molecule has 1 atom stereocenters. The van der Waals surface area contributed by atoms with Crippen molar-refractivity contribution in [3.05, 3.63) is 72.9 Å². The second-order valence-electron chi connectivity index (χ2n) is 16.0. The lowest BCUT2D eigenvalue weighted by molar-refractivity contribution is -0.163. The molecule has 0 aliphatic rings. The first-order chi connectivity index (χ1) is 28.6. The average Bonchev–Trinajstić information content (AvgIpc) is 3.22. The van der Waals surface area contributed by atoms with Crippen LogP contribution in [0, 0.1) is 0 Å². The summed E-state index contributed by atoms with van der Waals surface area (Å²) >= 11 is 0. The maximum Gasteiger partial charge on any atom is 0.306 e. The van der Waals surface area contributed by atoms with Crippen LogP contribution in [0.15, 0.2) is 72.9 Å². The van der Waals surface area contributed by atoms with Crippen LogP contribution in [0.25, 0.3) is 0 Å². The van der Waals surface area contributed by atoms with Gasteiger partial charge in [0.05, 0.1) is 6.61 Å².